The lowest BCUT2D eigenvalue weighted by Gasteiger charge is -2.35. The summed E-state index contributed by atoms with van der Waals surface area (Å²) in [7, 11) is -3.55. The minimum Gasteiger partial charge on any atom is -0.444 e. The first-order chi connectivity index (χ1) is 16.8. The van der Waals surface area contributed by atoms with Crippen molar-refractivity contribution < 1.29 is 17.9 Å². The number of nitrogens with zero attached hydrogens (tertiary/aromatic N) is 6. The van der Waals surface area contributed by atoms with Crippen LogP contribution in [-0.4, -0.2) is 101 Å². The number of amides is 1. The van der Waals surface area contributed by atoms with Gasteiger partial charge in [-0.2, -0.15) is 10.1 Å². The average Bonchev–Trinajstić information content (AvgIpc) is 3.21. The molecule has 36 heavy (non-hydrogen) atoms. The van der Waals surface area contributed by atoms with Crippen LogP contribution in [0, 0.1) is 0 Å². The number of sulfone groups is 1. The largest absolute Gasteiger partial charge is 0.444 e. The fraction of sp³-hybridized carbons (Fsp3) is 0.500. The standard InChI is InChI=1S/C22H33N9O4S/c1-15(6-7-24-19(23)36(5,33)34)17-16-14-26-20(27-18(16)29-28-17)25-8-9-30-10-12-31(13-11-30)21(32)35-22(2,3)4/h6-7,14H,1,8-13H2,2-5H3,(H2,23,24)(H2,25,26,27,28,29)/b7-6-. The number of hydrogen-bond donors (Lipinski definition) is 3. The zero-order chi connectivity index (χ0) is 26.5. The molecular formula is C22H33N9O4S. The maximum Gasteiger partial charge on any atom is 0.410 e. The van der Waals surface area contributed by atoms with E-state index >= 15 is 0 Å². The Hall–Kier alpha value is -3.52. The van der Waals surface area contributed by atoms with Crippen molar-refractivity contribution in [1.29, 1.82) is 0 Å². The molecule has 1 aliphatic heterocycles. The molecule has 3 heterocycles. The van der Waals surface area contributed by atoms with Gasteiger partial charge in [-0.3, -0.25) is 10.00 Å². The van der Waals surface area contributed by atoms with Gasteiger partial charge >= 0.3 is 6.09 Å². The molecular weight excluding hydrogens is 486 g/mol. The molecule has 0 aromatic carbocycles. The summed E-state index contributed by atoms with van der Waals surface area (Å²) in [5, 5.41) is 10.4. The molecule has 196 valence electrons. The van der Waals surface area contributed by atoms with E-state index in [-0.39, 0.29) is 6.09 Å². The van der Waals surface area contributed by atoms with Crippen molar-refractivity contribution in [3.63, 3.8) is 0 Å². The molecule has 0 aliphatic carbocycles. The van der Waals surface area contributed by atoms with Gasteiger partial charge in [0.25, 0.3) is 0 Å². The molecule has 1 amide bonds. The number of ether oxygens (including phenoxy) is 1. The number of amidine groups is 1. The fourth-order valence-electron chi connectivity index (χ4n) is 3.32. The molecule has 0 radical (unpaired) electrons. The van der Waals surface area contributed by atoms with Crippen molar-refractivity contribution in [3.8, 4) is 0 Å². The minimum absolute atomic E-state index is 0.274. The number of nitrogens with two attached hydrogens (primary N) is 1. The molecule has 0 spiro atoms. The van der Waals surface area contributed by atoms with E-state index in [1.165, 1.54) is 12.3 Å². The number of anilines is 1. The summed E-state index contributed by atoms with van der Waals surface area (Å²) in [6.07, 6.45) is 5.11. The van der Waals surface area contributed by atoms with Gasteiger partial charge in [0, 0.05) is 57.9 Å². The molecule has 3 rings (SSSR count). The van der Waals surface area contributed by atoms with Crippen molar-refractivity contribution in [3.05, 3.63) is 30.7 Å². The predicted octanol–water partition coefficient (Wildman–Crippen LogP) is 1.20. The van der Waals surface area contributed by atoms with Gasteiger partial charge in [0.1, 0.15) is 5.60 Å². The normalized spacial score (nSPS) is 16.0. The highest BCUT2D eigenvalue weighted by atomic mass is 32.2. The molecule has 0 bridgehead atoms. The van der Waals surface area contributed by atoms with Crippen LogP contribution in [-0.2, 0) is 14.6 Å². The van der Waals surface area contributed by atoms with Crippen molar-refractivity contribution in [2.75, 3.05) is 50.8 Å². The van der Waals surface area contributed by atoms with E-state index in [1.807, 2.05) is 20.8 Å². The van der Waals surface area contributed by atoms with Gasteiger partial charge in [0.05, 0.1) is 11.1 Å². The van der Waals surface area contributed by atoms with Crippen molar-refractivity contribution in [2.24, 2.45) is 10.7 Å². The summed E-state index contributed by atoms with van der Waals surface area (Å²) < 4.78 is 28.1. The smallest absolute Gasteiger partial charge is 0.410 e. The van der Waals surface area contributed by atoms with E-state index in [1.54, 1.807) is 11.1 Å². The summed E-state index contributed by atoms with van der Waals surface area (Å²) in [5.74, 6) is 0.444. The summed E-state index contributed by atoms with van der Waals surface area (Å²) in [4.78, 5) is 28.7. The first-order valence-corrected chi connectivity index (χ1v) is 13.3. The fourth-order valence-corrected chi connectivity index (χ4v) is 3.57. The third-order valence-corrected chi connectivity index (χ3v) is 6.09. The van der Waals surface area contributed by atoms with Crippen molar-refractivity contribution in [1.82, 2.24) is 30.0 Å². The molecule has 2 aromatic heterocycles. The number of hydrogen-bond acceptors (Lipinski definition) is 10. The van der Waals surface area contributed by atoms with E-state index in [9.17, 15) is 13.2 Å². The second-order valence-corrected chi connectivity index (χ2v) is 11.3. The average molecular weight is 520 g/mol. The lowest BCUT2D eigenvalue weighted by molar-refractivity contribution is 0.0148. The van der Waals surface area contributed by atoms with Crippen LogP contribution in [0.1, 0.15) is 26.5 Å². The maximum absolute atomic E-state index is 12.2. The van der Waals surface area contributed by atoms with E-state index in [2.05, 4.69) is 42.0 Å². The Kier molecular flexibility index (Phi) is 8.30. The van der Waals surface area contributed by atoms with Gasteiger partial charge in [-0.1, -0.05) is 6.58 Å². The van der Waals surface area contributed by atoms with Gasteiger partial charge in [0.2, 0.25) is 21.0 Å². The molecule has 1 aliphatic rings. The number of piperazine rings is 1. The zero-order valence-corrected chi connectivity index (χ0v) is 21.8. The molecule has 1 saturated heterocycles. The number of H-pyrrole nitrogens is 1. The number of allylic oxidation sites excluding steroid dienone is 2. The van der Waals surface area contributed by atoms with Gasteiger partial charge in [-0.25, -0.2) is 23.2 Å². The van der Waals surface area contributed by atoms with Crippen molar-refractivity contribution >= 4 is 43.7 Å². The van der Waals surface area contributed by atoms with Crippen molar-refractivity contribution in [2.45, 2.75) is 26.4 Å². The Morgan fingerprint density at radius 1 is 1.33 bits per heavy atom. The number of aliphatic imine (C=N–C) groups is 1. The number of rotatable bonds is 7. The van der Waals surface area contributed by atoms with Crippen LogP contribution in [0.3, 0.4) is 0 Å². The van der Waals surface area contributed by atoms with Crippen LogP contribution in [0.25, 0.3) is 16.6 Å². The number of aromatic nitrogens is 4. The summed E-state index contributed by atoms with van der Waals surface area (Å²) in [6, 6.07) is 0. The van der Waals surface area contributed by atoms with Crippen LogP contribution >= 0.6 is 0 Å². The quantitative estimate of drug-likeness (QED) is 0.274. The molecule has 0 unspecified atom stereocenters. The van der Waals surface area contributed by atoms with Gasteiger partial charge < -0.3 is 20.7 Å². The summed E-state index contributed by atoms with van der Waals surface area (Å²) in [6.45, 7) is 13.7. The second kappa shape index (κ2) is 11.0. The lowest BCUT2D eigenvalue weighted by atomic mass is 10.1. The lowest BCUT2D eigenvalue weighted by Crippen LogP contribution is -2.50. The Morgan fingerprint density at radius 2 is 2.03 bits per heavy atom. The first kappa shape index (κ1) is 27.1. The highest BCUT2D eigenvalue weighted by Crippen LogP contribution is 2.21. The Morgan fingerprint density at radius 3 is 2.67 bits per heavy atom. The van der Waals surface area contributed by atoms with Gasteiger partial charge in [-0.15, -0.1) is 0 Å². The highest BCUT2D eigenvalue weighted by Gasteiger charge is 2.25. The number of carbonyl (C=O) groups excluding carboxylic acids is 1. The monoisotopic (exact) mass is 519 g/mol. The topological polar surface area (TPSA) is 172 Å². The van der Waals surface area contributed by atoms with E-state index in [0.29, 0.717) is 47.9 Å². The van der Waals surface area contributed by atoms with Gasteiger partial charge in [-0.05, 0) is 32.4 Å². The number of carbonyl (C=O) groups is 1. The molecule has 2 aromatic rings. The molecule has 0 saturated carbocycles. The third kappa shape index (κ3) is 7.49. The Balaban J connectivity index is 1.50. The third-order valence-electron chi connectivity index (χ3n) is 5.23. The van der Waals surface area contributed by atoms with E-state index in [4.69, 9.17) is 10.5 Å². The van der Waals surface area contributed by atoms with Gasteiger partial charge in [0.15, 0.2) is 5.65 Å². The Bertz CT molecular complexity index is 1270. The van der Waals surface area contributed by atoms with Crippen LogP contribution in [0.2, 0.25) is 0 Å². The van der Waals surface area contributed by atoms with Crippen LogP contribution in [0.15, 0.2) is 30.0 Å². The molecule has 4 N–H and O–H groups in total. The highest BCUT2D eigenvalue weighted by molar-refractivity contribution is 8.05. The predicted molar refractivity (Wildman–Crippen MR) is 139 cm³/mol. The number of aromatic amines is 1. The van der Waals surface area contributed by atoms with E-state index in [0.717, 1.165) is 25.9 Å². The molecule has 1 fully saturated rings. The molecule has 0 atom stereocenters. The number of nitrogens with one attached hydrogen (secondary N) is 2. The first-order valence-electron chi connectivity index (χ1n) is 11.4. The van der Waals surface area contributed by atoms with Crippen LogP contribution in [0.5, 0.6) is 0 Å². The summed E-state index contributed by atoms with van der Waals surface area (Å²) in [5.41, 5.74) is 6.46. The maximum atomic E-state index is 12.2. The molecule has 14 heteroatoms. The van der Waals surface area contributed by atoms with Crippen LogP contribution in [0.4, 0.5) is 10.7 Å². The zero-order valence-electron chi connectivity index (χ0n) is 21.0. The van der Waals surface area contributed by atoms with E-state index < -0.39 is 20.6 Å². The van der Waals surface area contributed by atoms with Crippen LogP contribution < -0.4 is 11.1 Å². The Labute approximate surface area is 210 Å². The minimum atomic E-state index is -3.55. The number of fused-ring (bicyclic) bond motifs is 1. The summed E-state index contributed by atoms with van der Waals surface area (Å²) >= 11 is 0. The second-order valence-electron chi connectivity index (χ2n) is 9.35. The SMILES string of the molecule is C=C(/C=C\N=C(N)S(C)(=O)=O)c1[nH]nc2nc(NCCN3CCN(C(=O)OC(C)(C)C)CC3)ncc12. The molecule has 13 nitrogen and oxygen atoms in total.